The molecule has 0 aliphatic heterocycles. The molecule has 0 atom stereocenters. The first-order valence-electron chi connectivity index (χ1n) is 8.70. The highest BCUT2D eigenvalue weighted by Gasteiger charge is 2.11. The van der Waals surface area contributed by atoms with E-state index in [2.05, 4.69) is 0 Å². The summed E-state index contributed by atoms with van der Waals surface area (Å²) < 4.78 is 27.5. The lowest BCUT2D eigenvalue weighted by Crippen LogP contribution is -2.16. The van der Waals surface area contributed by atoms with Crippen molar-refractivity contribution in [3.8, 4) is 0 Å². The maximum Gasteiger partial charge on any atom is 0.209 e. The van der Waals surface area contributed by atoms with E-state index in [1.807, 2.05) is 0 Å². The van der Waals surface area contributed by atoms with Crippen LogP contribution in [0.4, 0.5) is 0 Å². The van der Waals surface area contributed by atoms with E-state index < -0.39 is 10.0 Å². The van der Waals surface area contributed by atoms with Crippen LogP contribution >= 0.6 is 0 Å². The maximum atomic E-state index is 10.8. The molecule has 4 nitrogen and oxygen atoms in total. The fourth-order valence-electron chi connectivity index (χ4n) is 2.95. The largest absolute Gasteiger partial charge is 0.378 e. The van der Waals surface area contributed by atoms with Crippen molar-refractivity contribution in [2.24, 2.45) is 5.14 Å². The van der Waals surface area contributed by atoms with Crippen LogP contribution in [0.5, 0.6) is 0 Å². The van der Waals surface area contributed by atoms with Gasteiger partial charge in [-0.05, 0) is 25.7 Å². The highest BCUT2D eigenvalue weighted by Crippen LogP contribution is 2.20. The molecule has 0 aromatic rings. The Bertz CT molecular complexity index is 335. The SMILES string of the molecule is NS(=O)(=O)CCCCCCCCCOC1CCCCCC1. The number of hydrogen-bond acceptors (Lipinski definition) is 3. The van der Waals surface area contributed by atoms with Crippen LogP contribution in [-0.4, -0.2) is 26.9 Å². The van der Waals surface area contributed by atoms with Gasteiger partial charge in [-0.2, -0.15) is 0 Å². The quantitative estimate of drug-likeness (QED) is 0.466. The zero-order valence-corrected chi connectivity index (χ0v) is 14.2. The molecule has 0 aromatic heterocycles. The molecule has 1 rings (SSSR count). The van der Waals surface area contributed by atoms with Crippen molar-refractivity contribution in [3.63, 3.8) is 0 Å². The maximum absolute atomic E-state index is 10.8. The molecule has 126 valence electrons. The third-order valence-electron chi connectivity index (χ3n) is 4.23. The van der Waals surface area contributed by atoms with Crippen LogP contribution in [0, 0.1) is 0 Å². The molecule has 0 amide bonds. The van der Waals surface area contributed by atoms with Gasteiger partial charge in [-0.3, -0.25) is 0 Å². The highest BCUT2D eigenvalue weighted by molar-refractivity contribution is 7.89. The fourth-order valence-corrected chi connectivity index (χ4v) is 3.55. The van der Waals surface area contributed by atoms with Crippen molar-refractivity contribution in [3.05, 3.63) is 0 Å². The lowest BCUT2D eigenvalue weighted by molar-refractivity contribution is 0.0407. The zero-order chi connectivity index (χ0) is 15.4. The number of sulfonamides is 1. The van der Waals surface area contributed by atoms with E-state index in [0.717, 1.165) is 25.9 Å². The summed E-state index contributed by atoms with van der Waals surface area (Å²) in [5.41, 5.74) is 0. The van der Waals surface area contributed by atoms with Crippen LogP contribution in [0.3, 0.4) is 0 Å². The highest BCUT2D eigenvalue weighted by atomic mass is 32.2. The summed E-state index contributed by atoms with van der Waals surface area (Å²) in [5.74, 6) is 0.127. The summed E-state index contributed by atoms with van der Waals surface area (Å²) in [4.78, 5) is 0. The molecule has 2 N–H and O–H groups in total. The molecule has 1 fully saturated rings. The van der Waals surface area contributed by atoms with Gasteiger partial charge in [0.05, 0.1) is 11.9 Å². The van der Waals surface area contributed by atoms with Crippen LogP contribution in [-0.2, 0) is 14.8 Å². The van der Waals surface area contributed by atoms with E-state index in [1.165, 1.54) is 57.8 Å². The van der Waals surface area contributed by atoms with Crippen LogP contribution in [0.15, 0.2) is 0 Å². The molecule has 21 heavy (non-hydrogen) atoms. The third kappa shape index (κ3) is 12.1. The summed E-state index contributed by atoms with van der Waals surface area (Å²) in [5, 5.41) is 4.96. The van der Waals surface area contributed by atoms with Gasteiger partial charge >= 0.3 is 0 Å². The van der Waals surface area contributed by atoms with Gasteiger partial charge < -0.3 is 4.74 Å². The minimum Gasteiger partial charge on any atom is -0.378 e. The van der Waals surface area contributed by atoms with Crippen molar-refractivity contribution in [2.75, 3.05) is 12.4 Å². The summed E-state index contributed by atoms with van der Waals surface area (Å²) in [6.45, 7) is 0.913. The van der Waals surface area contributed by atoms with Gasteiger partial charge in [0.25, 0.3) is 0 Å². The zero-order valence-electron chi connectivity index (χ0n) is 13.4. The molecule has 1 aliphatic rings. The van der Waals surface area contributed by atoms with Gasteiger partial charge in [0.1, 0.15) is 0 Å². The summed E-state index contributed by atoms with van der Waals surface area (Å²) in [6, 6.07) is 0. The predicted molar refractivity (Wildman–Crippen MR) is 87.7 cm³/mol. The van der Waals surface area contributed by atoms with E-state index in [4.69, 9.17) is 9.88 Å². The van der Waals surface area contributed by atoms with Gasteiger partial charge in [-0.1, -0.05) is 57.8 Å². The van der Waals surface area contributed by atoms with Crippen LogP contribution in [0.1, 0.15) is 83.5 Å². The number of ether oxygens (including phenoxy) is 1. The molecule has 0 radical (unpaired) electrons. The molecule has 0 unspecified atom stereocenters. The molecular formula is C16H33NO3S. The van der Waals surface area contributed by atoms with Crippen LogP contribution in [0.25, 0.3) is 0 Å². The number of hydrogen-bond donors (Lipinski definition) is 1. The first kappa shape index (κ1) is 18.9. The monoisotopic (exact) mass is 319 g/mol. The molecule has 5 heteroatoms. The van der Waals surface area contributed by atoms with Gasteiger partial charge in [-0.15, -0.1) is 0 Å². The molecule has 0 bridgehead atoms. The topological polar surface area (TPSA) is 69.4 Å². The van der Waals surface area contributed by atoms with E-state index in [9.17, 15) is 8.42 Å². The van der Waals surface area contributed by atoms with E-state index >= 15 is 0 Å². The van der Waals surface area contributed by atoms with Gasteiger partial charge in [-0.25, -0.2) is 13.6 Å². The van der Waals surface area contributed by atoms with E-state index in [1.54, 1.807) is 0 Å². The van der Waals surface area contributed by atoms with Crippen LogP contribution in [0.2, 0.25) is 0 Å². The Kier molecular flexibility index (Phi) is 10.3. The molecule has 0 heterocycles. The normalized spacial score (nSPS) is 17.8. The summed E-state index contributed by atoms with van der Waals surface area (Å²) in [6.07, 6.45) is 16.0. The van der Waals surface area contributed by atoms with Gasteiger partial charge in [0.2, 0.25) is 10.0 Å². The van der Waals surface area contributed by atoms with Crippen molar-refractivity contribution in [1.29, 1.82) is 0 Å². The van der Waals surface area contributed by atoms with E-state index in [0.29, 0.717) is 12.5 Å². The smallest absolute Gasteiger partial charge is 0.209 e. The van der Waals surface area contributed by atoms with Crippen molar-refractivity contribution >= 4 is 10.0 Å². The average Bonchev–Trinajstić information content (AvgIpc) is 2.68. The van der Waals surface area contributed by atoms with Crippen molar-refractivity contribution in [1.82, 2.24) is 0 Å². The van der Waals surface area contributed by atoms with E-state index in [-0.39, 0.29) is 5.75 Å². The minimum atomic E-state index is -3.26. The molecule has 0 saturated heterocycles. The third-order valence-corrected chi connectivity index (χ3v) is 5.09. The minimum absolute atomic E-state index is 0.127. The van der Waals surface area contributed by atoms with Crippen LogP contribution < -0.4 is 5.14 Å². The Morgan fingerprint density at radius 1 is 0.810 bits per heavy atom. The molecule has 1 aliphatic carbocycles. The fraction of sp³-hybridized carbons (Fsp3) is 1.00. The second kappa shape index (κ2) is 11.4. The molecule has 0 spiro atoms. The van der Waals surface area contributed by atoms with Gasteiger partial charge in [0, 0.05) is 6.61 Å². The second-order valence-corrected chi connectivity index (χ2v) is 8.06. The first-order chi connectivity index (χ1) is 10.1. The van der Waals surface area contributed by atoms with Crippen molar-refractivity contribution in [2.45, 2.75) is 89.6 Å². The standard InChI is InChI=1S/C16H33NO3S/c17-21(18,19)15-11-7-3-1-2-6-10-14-20-16-12-8-4-5-9-13-16/h16H,1-15H2,(H2,17,18,19). The Hall–Kier alpha value is -0.130. The Morgan fingerprint density at radius 3 is 1.90 bits per heavy atom. The second-order valence-electron chi connectivity index (χ2n) is 6.33. The molecule has 1 saturated carbocycles. The lowest BCUT2D eigenvalue weighted by atomic mass is 10.1. The van der Waals surface area contributed by atoms with Gasteiger partial charge in [0.15, 0.2) is 0 Å². The first-order valence-corrected chi connectivity index (χ1v) is 10.4. The average molecular weight is 320 g/mol. The predicted octanol–water partition coefficient (Wildman–Crippen LogP) is 3.75. The number of nitrogens with two attached hydrogens (primary N) is 1. The van der Waals surface area contributed by atoms with Crippen molar-refractivity contribution < 1.29 is 13.2 Å². The lowest BCUT2D eigenvalue weighted by Gasteiger charge is -2.15. The number of unbranched alkanes of at least 4 members (excludes halogenated alkanes) is 6. The molecular weight excluding hydrogens is 286 g/mol. The Morgan fingerprint density at radius 2 is 1.33 bits per heavy atom. The number of primary sulfonamides is 1. The summed E-state index contributed by atoms with van der Waals surface area (Å²) in [7, 11) is -3.26. The Labute approximate surface area is 130 Å². The molecule has 0 aromatic carbocycles. The summed E-state index contributed by atoms with van der Waals surface area (Å²) >= 11 is 0. The number of rotatable bonds is 11. The Balaban J connectivity index is 1.82.